The van der Waals surface area contributed by atoms with Crippen molar-refractivity contribution in [3.8, 4) is 11.1 Å². The highest BCUT2D eigenvalue weighted by Crippen LogP contribution is 2.24. The maximum atomic E-state index is 11.0. The van der Waals surface area contributed by atoms with Crippen molar-refractivity contribution in [3.05, 3.63) is 60.2 Å². The third-order valence-electron chi connectivity index (χ3n) is 3.36. The minimum Gasteiger partial charge on any atom is -0.482 e. The van der Waals surface area contributed by atoms with E-state index in [9.17, 15) is 4.79 Å². The van der Waals surface area contributed by atoms with Gasteiger partial charge < -0.3 is 9.84 Å². The highest BCUT2D eigenvalue weighted by Gasteiger charge is 2.17. The third-order valence-corrected chi connectivity index (χ3v) is 4.84. The number of rotatable bonds is 6. The third kappa shape index (κ3) is 5.69. The van der Waals surface area contributed by atoms with Crippen LogP contribution in [0, 0.1) is 0 Å². The topological polar surface area (TPSA) is 46.5 Å². The molecule has 23 heavy (non-hydrogen) atoms. The number of thioether (sulfide) groups is 1. The molecule has 0 saturated heterocycles. The SMILES string of the molecule is COC(=S)SC(CC(=O)O)Cc1ccc(-c2ccccc2)cc1. The summed E-state index contributed by atoms with van der Waals surface area (Å²) in [7, 11) is 1.50. The second-order valence-corrected chi connectivity index (χ2v) is 6.96. The van der Waals surface area contributed by atoms with E-state index in [1.807, 2.05) is 30.3 Å². The summed E-state index contributed by atoms with van der Waals surface area (Å²) >= 11 is 6.33. The first-order valence-electron chi connectivity index (χ1n) is 7.19. The zero-order valence-corrected chi connectivity index (χ0v) is 14.4. The van der Waals surface area contributed by atoms with E-state index in [4.69, 9.17) is 22.1 Å². The van der Waals surface area contributed by atoms with E-state index in [1.54, 1.807) is 0 Å². The fraction of sp³-hybridized carbons (Fsp3) is 0.222. The van der Waals surface area contributed by atoms with Crippen LogP contribution in [0.3, 0.4) is 0 Å². The van der Waals surface area contributed by atoms with E-state index in [2.05, 4.69) is 24.3 Å². The molecule has 0 aliphatic carbocycles. The summed E-state index contributed by atoms with van der Waals surface area (Å²) in [4.78, 5) is 11.0. The first kappa shape index (κ1) is 17.5. The summed E-state index contributed by atoms with van der Waals surface area (Å²) < 4.78 is 5.35. The van der Waals surface area contributed by atoms with Crippen LogP contribution in [0.4, 0.5) is 0 Å². The lowest BCUT2D eigenvalue weighted by molar-refractivity contribution is -0.136. The maximum absolute atomic E-state index is 11.0. The Balaban J connectivity index is 2.07. The molecule has 0 aromatic heterocycles. The molecule has 0 fully saturated rings. The number of carboxylic acid groups (broad SMARTS) is 1. The minimum absolute atomic E-state index is 0.0502. The summed E-state index contributed by atoms with van der Waals surface area (Å²) in [5, 5.41) is 8.91. The number of aliphatic carboxylic acids is 1. The second kappa shape index (κ2) is 8.70. The quantitative estimate of drug-likeness (QED) is 0.785. The van der Waals surface area contributed by atoms with Gasteiger partial charge in [0, 0.05) is 5.25 Å². The van der Waals surface area contributed by atoms with Crippen LogP contribution in [0.2, 0.25) is 0 Å². The lowest BCUT2D eigenvalue weighted by atomic mass is 10.0. The van der Waals surface area contributed by atoms with Gasteiger partial charge in [-0.15, -0.1) is 0 Å². The Labute approximate surface area is 145 Å². The van der Waals surface area contributed by atoms with Crippen LogP contribution in [-0.4, -0.2) is 27.8 Å². The first-order valence-corrected chi connectivity index (χ1v) is 8.48. The Hall–Kier alpha value is -1.85. The average molecular weight is 346 g/mol. The predicted molar refractivity (Wildman–Crippen MR) is 98.8 cm³/mol. The molecule has 0 bridgehead atoms. The van der Waals surface area contributed by atoms with Crippen molar-refractivity contribution in [2.45, 2.75) is 18.1 Å². The summed E-state index contributed by atoms with van der Waals surface area (Å²) in [5.74, 6) is -0.831. The maximum Gasteiger partial charge on any atom is 0.304 e. The summed E-state index contributed by atoms with van der Waals surface area (Å²) in [6.45, 7) is 0. The van der Waals surface area contributed by atoms with Gasteiger partial charge in [-0.2, -0.15) is 0 Å². The van der Waals surface area contributed by atoms with Gasteiger partial charge in [-0.25, -0.2) is 0 Å². The van der Waals surface area contributed by atoms with Crippen LogP contribution >= 0.6 is 24.0 Å². The Kier molecular flexibility index (Phi) is 6.62. The lowest BCUT2D eigenvalue weighted by Gasteiger charge is -2.14. The standard InChI is InChI=1S/C18H18O3S2/c1-21-18(22)23-16(12-17(19)20)11-13-7-9-15(10-8-13)14-5-3-2-4-6-14/h2-10,16H,11-12H2,1H3,(H,19,20). The van der Waals surface area contributed by atoms with Gasteiger partial charge in [0.2, 0.25) is 4.38 Å². The minimum atomic E-state index is -0.831. The smallest absolute Gasteiger partial charge is 0.304 e. The van der Waals surface area contributed by atoms with E-state index < -0.39 is 5.97 Å². The van der Waals surface area contributed by atoms with E-state index in [0.29, 0.717) is 10.8 Å². The molecule has 2 aromatic carbocycles. The molecule has 0 amide bonds. The lowest BCUT2D eigenvalue weighted by Crippen LogP contribution is -2.15. The molecule has 1 N–H and O–H groups in total. The Morgan fingerprint density at radius 1 is 1.13 bits per heavy atom. The summed E-state index contributed by atoms with van der Waals surface area (Å²) in [6, 6.07) is 18.3. The van der Waals surface area contributed by atoms with Crippen molar-refractivity contribution >= 4 is 34.3 Å². The van der Waals surface area contributed by atoms with Gasteiger partial charge in [0.05, 0.1) is 13.5 Å². The Morgan fingerprint density at radius 3 is 2.30 bits per heavy atom. The van der Waals surface area contributed by atoms with Crippen LogP contribution in [0.1, 0.15) is 12.0 Å². The molecule has 0 spiro atoms. The molecule has 0 aliphatic rings. The van der Waals surface area contributed by atoms with Gasteiger partial charge in [-0.05, 0) is 35.3 Å². The van der Waals surface area contributed by atoms with E-state index in [1.165, 1.54) is 18.9 Å². The number of hydrogen-bond acceptors (Lipinski definition) is 4. The molecule has 0 aliphatic heterocycles. The van der Waals surface area contributed by atoms with Crippen molar-refractivity contribution in [3.63, 3.8) is 0 Å². The molecule has 1 atom stereocenters. The number of carbonyl (C=O) groups is 1. The number of carboxylic acids is 1. The zero-order chi connectivity index (χ0) is 16.7. The molecular weight excluding hydrogens is 328 g/mol. The van der Waals surface area contributed by atoms with Gasteiger partial charge in [-0.1, -0.05) is 66.4 Å². The molecule has 0 radical (unpaired) electrons. The van der Waals surface area contributed by atoms with Crippen molar-refractivity contribution in [2.24, 2.45) is 0 Å². The normalized spacial score (nSPS) is 11.7. The van der Waals surface area contributed by atoms with Crippen LogP contribution in [-0.2, 0) is 16.0 Å². The summed E-state index contributed by atoms with van der Waals surface area (Å²) in [5.41, 5.74) is 3.39. The second-order valence-electron chi connectivity index (χ2n) is 5.06. The van der Waals surface area contributed by atoms with Gasteiger partial charge in [0.15, 0.2) is 0 Å². The Morgan fingerprint density at radius 2 is 1.74 bits per heavy atom. The van der Waals surface area contributed by atoms with Gasteiger partial charge in [0.1, 0.15) is 0 Å². The summed E-state index contributed by atoms with van der Waals surface area (Å²) in [6.07, 6.45) is 0.685. The van der Waals surface area contributed by atoms with Crippen LogP contribution < -0.4 is 0 Å². The molecule has 1 unspecified atom stereocenters. The molecule has 3 nitrogen and oxygen atoms in total. The molecular formula is C18H18O3S2. The number of methoxy groups -OCH3 is 1. The number of ether oxygens (including phenoxy) is 1. The molecule has 120 valence electrons. The fourth-order valence-corrected chi connectivity index (χ4v) is 3.54. The monoisotopic (exact) mass is 346 g/mol. The zero-order valence-electron chi connectivity index (χ0n) is 12.8. The molecule has 2 aromatic rings. The Bertz CT molecular complexity index is 654. The highest BCUT2D eigenvalue weighted by molar-refractivity contribution is 8.23. The van der Waals surface area contributed by atoms with Gasteiger partial charge in [-0.3, -0.25) is 4.79 Å². The van der Waals surface area contributed by atoms with Crippen LogP contribution in [0.15, 0.2) is 54.6 Å². The highest BCUT2D eigenvalue weighted by atomic mass is 32.2. The fourth-order valence-electron chi connectivity index (χ4n) is 2.26. The number of thiocarbonyl (C=S) groups is 1. The molecule has 5 heteroatoms. The largest absolute Gasteiger partial charge is 0.482 e. The van der Waals surface area contributed by atoms with E-state index in [-0.39, 0.29) is 11.7 Å². The number of benzene rings is 2. The first-order chi connectivity index (χ1) is 11.1. The predicted octanol–water partition coefficient (Wildman–Crippen LogP) is 4.40. The molecule has 0 saturated carbocycles. The van der Waals surface area contributed by atoms with Crippen molar-refractivity contribution in [1.29, 1.82) is 0 Å². The average Bonchev–Trinajstić information content (AvgIpc) is 2.55. The van der Waals surface area contributed by atoms with E-state index >= 15 is 0 Å². The van der Waals surface area contributed by atoms with Crippen molar-refractivity contribution < 1.29 is 14.6 Å². The number of hydrogen-bond donors (Lipinski definition) is 1. The van der Waals surface area contributed by atoms with Gasteiger partial charge >= 0.3 is 5.97 Å². The van der Waals surface area contributed by atoms with Crippen LogP contribution in [0.25, 0.3) is 11.1 Å². The van der Waals surface area contributed by atoms with Gasteiger partial charge in [0.25, 0.3) is 0 Å². The van der Waals surface area contributed by atoms with E-state index in [0.717, 1.165) is 16.7 Å². The van der Waals surface area contributed by atoms with Crippen molar-refractivity contribution in [1.82, 2.24) is 0 Å². The molecule has 0 heterocycles. The van der Waals surface area contributed by atoms with Crippen molar-refractivity contribution in [2.75, 3.05) is 7.11 Å². The molecule has 2 rings (SSSR count). The van der Waals surface area contributed by atoms with Crippen LogP contribution in [0.5, 0.6) is 0 Å².